The van der Waals surface area contributed by atoms with Crippen LogP contribution in [0.5, 0.6) is 5.75 Å². The third kappa shape index (κ3) is 3.45. The highest BCUT2D eigenvalue weighted by molar-refractivity contribution is 9.10. The highest BCUT2D eigenvalue weighted by atomic mass is 79.9. The molecule has 0 atom stereocenters. The van der Waals surface area contributed by atoms with E-state index < -0.39 is 4.92 Å². The molecule has 2 aromatic rings. The lowest BCUT2D eigenvalue weighted by atomic mass is 10.2. The molecule has 2 aromatic carbocycles. The molecule has 4 nitrogen and oxygen atoms in total. The molecular weight excluding hydrogens is 334 g/mol. The van der Waals surface area contributed by atoms with Crippen molar-refractivity contribution in [3.8, 4) is 5.75 Å². The van der Waals surface area contributed by atoms with Crippen LogP contribution in [0, 0.1) is 10.1 Å². The molecule has 0 bridgehead atoms. The summed E-state index contributed by atoms with van der Waals surface area (Å²) in [6.45, 7) is 0.178. The molecule has 0 amide bonds. The van der Waals surface area contributed by atoms with Gasteiger partial charge in [-0.05, 0) is 18.2 Å². The van der Waals surface area contributed by atoms with E-state index in [1.165, 1.54) is 6.07 Å². The van der Waals surface area contributed by atoms with E-state index in [0.717, 1.165) is 10.0 Å². The van der Waals surface area contributed by atoms with Gasteiger partial charge in [0.25, 0.3) is 0 Å². The molecule has 0 aromatic heterocycles. The molecule has 0 radical (unpaired) electrons. The van der Waals surface area contributed by atoms with Crippen LogP contribution >= 0.6 is 27.5 Å². The molecule has 0 spiro atoms. The highest BCUT2D eigenvalue weighted by Gasteiger charge is 2.14. The summed E-state index contributed by atoms with van der Waals surface area (Å²) < 4.78 is 6.33. The summed E-state index contributed by atoms with van der Waals surface area (Å²) in [7, 11) is 0. The lowest BCUT2D eigenvalue weighted by Crippen LogP contribution is -1.99. The van der Waals surface area contributed by atoms with Gasteiger partial charge in [0, 0.05) is 21.1 Å². The number of hydrogen-bond donors (Lipinski definition) is 0. The van der Waals surface area contributed by atoms with Crippen LogP contribution in [0.15, 0.2) is 46.9 Å². The van der Waals surface area contributed by atoms with Crippen LogP contribution < -0.4 is 4.74 Å². The number of rotatable bonds is 4. The van der Waals surface area contributed by atoms with Crippen LogP contribution in [-0.4, -0.2) is 4.92 Å². The molecule has 0 aliphatic rings. The van der Waals surface area contributed by atoms with Crippen LogP contribution in [0.4, 0.5) is 5.69 Å². The number of benzene rings is 2. The number of nitrogens with zero attached hydrogens (tertiary/aromatic N) is 1. The molecule has 6 heteroatoms. The summed E-state index contributed by atoms with van der Waals surface area (Å²) in [6, 6.07) is 11.6. The minimum Gasteiger partial charge on any atom is -0.482 e. The quantitative estimate of drug-likeness (QED) is 0.603. The molecule has 0 aliphatic heterocycles. The summed E-state index contributed by atoms with van der Waals surface area (Å²) in [6.07, 6.45) is 0. The van der Waals surface area contributed by atoms with Gasteiger partial charge in [0.1, 0.15) is 6.61 Å². The van der Waals surface area contributed by atoms with Crippen LogP contribution in [0.2, 0.25) is 5.02 Å². The second-order valence-corrected chi connectivity index (χ2v) is 5.07. The minimum absolute atomic E-state index is 0.0595. The van der Waals surface area contributed by atoms with E-state index in [1.54, 1.807) is 30.3 Å². The van der Waals surface area contributed by atoms with Crippen molar-refractivity contribution in [2.24, 2.45) is 0 Å². The molecule has 2 rings (SSSR count). The SMILES string of the molecule is O=[N+]([O-])c1ccccc1OCc1ccc(Br)cc1Cl. The Hall–Kier alpha value is -1.59. The second kappa shape index (κ2) is 6.04. The predicted octanol–water partition coefficient (Wildman–Crippen LogP) is 4.59. The van der Waals surface area contributed by atoms with Gasteiger partial charge in [-0.15, -0.1) is 0 Å². The lowest BCUT2D eigenvalue weighted by molar-refractivity contribution is -0.385. The summed E-state index contributed by atoms with van der Waals surface area (Å²) in [4.78, 5) is 10.4. The molecule has 0 fully saturated rings. The van der Waals surface area contributed by atoms with Crippen LogP contribution in [0.3, 0.4) is 0 Å². The number of nitro groups is 1. The van der Waals surface area contributed by atoms with Gasteiger partial charge in [-0.3, -0.25) is 10.1 Å². The summed E-state index contributed by atoms with van der Waals surface area (Å²) in [5.74, 6) is 0.228. The zero-order valence-electron chi connectivity index (χ0n) is 9.68. The standard InChI is InChI=1S/C13H9BrClNO3/c14-10-6-5-9(11(15)7-10)8-19-13-4-2-1-3-12(13)16(17)18/h1-7H,8H2. The Balaban J connectivity index is 2.17. The molecule has 0 unspecified atom stereocenters. The van der Waals surface area contributed by atoms with Crippen molar-refractivity contribution >= 4 is 33.2 Å². The number of para-hydroxylation sites is 2. The lowest BCUT2D eigenvalue weighted by Gasteiger charge is -2.08. The normalized spacial score (nSPS) is 10.2. The van der Waals surface area contributed by atoms with Crippen LogP contribution in [-0.2, 0) is 6.61 Å². The van der Waals surface area contributed by atoms with E-state index in [-0.39, 0.29) is 18.0 Å². The van der Waals surface area contributed by atoms with Crippen molar-refractivity contribution in [1.29, 1.82) is 0 Å². The molecular formula is C13H9BrClNO3. The molecule has 19 heavy (non-hydrogen) atoms. The van der Waals surface area contributed by atoms with Gasteiger partial charge in [0.05, 0.1) is 4.92 Å². The van der Waals surface area contributed by atoms with Crippen molar-refractivity contribution in [2.75, 3.05) is 0 Å². The Kier molecular flexibility index (Phi) is 4.39. The Morgan fingerprint density at radius 3 is 2.68 bits per heavy atom. The van der Waals surface area contributed by atoms with Crippen molar-refractivity contribution in [2.45, 2.75) is 6.61 Å². The largest absolute Gasteiger partial charge is 0.482 e. The fraction of sp³-hybridized carbons (Fsp3) is 0.0769. The van der Waals surface area contributed by atoms with Gasteiger partial charge in [-0.2, -0.15) is 0 Å². The first kappa shape index (κ1) is 13.8. The third-order valence-corrected chi connectivity index (χ3v) is 3.31. The van der Waals surface area contributed by atoms with E-state index in [0.29, 0.717) is 5.02 Å². The van der Waals surface area contributed by atoms with Crippen LogP contribution in [0.1, 0.15) is 5.56 Å². The average molecular weight is 343 g/mol. The molecule has 0 aliphatic carbocycles. The summed E-state index contributed by atoms with van der Waals surface area (Å²) in [5, 5.41) is 11.4. The van der Waals surface area contributed by atoms with E-state index in [9.17, 15) is 10.1 Å². The smallest absolute Gasteiger partial charge is 0.310 e. The maximum Gasteiger partial charge on any atom is 0.310 e. The number of nitro benzene ring substituents is 1. The first-order valence-electron chi connectivity index (χ1n) is 5.38. The van der Waals surface area contributed by atoms with Crippen molar-refractivity contribution in [3.63, 3.8) is 0 Å². The molecule has 0 saturated heterocycles. The van der Waals surface area contributed by atoms with Crippen molar-refractivity contribution in [3.05, 3.63) is 67.6 Å². The molecule has 0 N–H and O–H groups in total. The van der Waals surface area contributed by atoms with Crippen molar-refractivity contribution in [1.82, 2.24) is 0 Å². The third-order valence-electron chi connectivity index (χ3n) is 2.46. The molecule has 98 valence electrons. The van der Waals surface area contributed by atoms with Crippen molar-refractivity contribution < 1.29 is 9.66 Å². The van der Waals surface area contributed by atoms with Gasteiger partial charge in [0.15, 0.2) is 5.75 Å². The Morgan fingerprint density at radius 2 is 2.00 bits per heavy atom. The Morgan fingerprint density at radius 1 is 1.26 bits per heavy atom. The second-order valence-electron chi connectivity index (χ2n) is 3.75. The Labute approximate surface area is 123 Å². The van der Waals surface area contributed by atoms with Crippen LogP contribution in [0.25, 0.3) is 0 Å². The first-order valence-corrected chi connectivity index (χ1v) is 6.55. The van der Waals surface area contributed by atoms with Gasteiger partial charge >= 0.3 is 5.69 Å². The van der Waals surface area contributed by atoms with E-state index >= 15 is 0 Å². The van der Waals surface area contributed by atoms with Gasteiger partial charge in [-0.25, -0.2) is 0 Å². The fourth-order valence-electron chi connectivity index (χ4n) is 1.52. The maximum atomic E-state index is 10.8. The molecule has 0 saturated carbocycles. The highest BCUT2D eigenvalue weighted by Crippen LogP contribution is 2.28. The van der Waals surface area contributed by atoms with E-state index in [1.807, 2.05) is 6.07 Å². The summed E-state index contributed by atoms with van der Waals surface area (Å²) in [5.41, 5.74) is 0.707. The number of hydrogen-bond acceptors (Lipinski definition) is 3. The zero-order valence-corrected chi connectivity index (χ0v) is 12.0. The monoisotopic (exact) mass is 341 g/mol. The summed E-state index contributed by atoms with van der Waals surface area (Å²) >= 11 is 9.36. The fourth-order valence-corrected chi connectivity index (χ4v) is 2.25. The number of halogens is 2. The number of ether oxygens (including phenoxy) is 1. The van der Waals surface area contributed by atoms with Gasteiger partial charge in [-0.1, -0.05) is 45.7 Å². The van der Waals surface area contributed by atoms with E-state index in [2.05, 4.69) is 15.9 Å². The molecule has 0 heterocycles. The van der Waals surface area contributed by atoms with Gasteiger partial charge in [0.2, 0.25) is 0 Å². The van der Waals surface area contributed by atoms with E-state index in [4.69, 9.17) is 16.3 Å². The predicted molar refractivity (Wildman–Crippen MR) is 76.6 cm³/mol. The maximum absolute atomic E-state index is 10.8. The average Bonchev–Trinajstić information content (AvgIpc) is 2.38. The minimum atomic E-state index is -0.474. The first-order chi connectivity index (χ1) is 9.08. The zero-order chi connectivity index (χ0) is 13.8. The Bertz CT molecular complexity index is 619. The topological polar surface area (TPSA) is 52.4 Å². The van der Waals surface area contributed by atoms with Gasteiger partial charge < -0.3 is 4.74 Å².